The van der Waals surface area contributed by atoms with Crippen LogP contribution in [0.2, 0.25) is 0 Å². The molecule has 2 N–H and O–H groups in total. The van der Waals surface area contributed by atoms with Crippen molar-refractivity contribution in [3.8, 4) is 0 Å². The number of piperidine rings is 1. The van der Waals surface area contributed by atoms with Gasteiger partial charge in [0.15, 0.2) is 0 Å². The van der Waals surface area contributed by atoms with Gasteiger partial charge in [0.2, 0.25) is 27.8 Å². The Kier molecular flexibility index (Phi) is 12.3. The van der Waals surface area contributed by atoms with Crippen LogP contribution in [0.4, 0.5) is 11.6 Å². The van der Waals surface area contributed by atoms with Gasteiger partial charge >= 0.3 is 5.69 Å². The molecule has 1 unspecified atom stereocenters. The fraction of sp³-hybridized carbons (Fsp3) is 0.488. The average Bonchev–Trinajstić information content (AvgIpc) is 3.86. The zero-order valence-electron chi connectivity index (χ0n) is 34.3. The van der Waals surface area contributed by atoms with E-state index in [-0.39, 0.29) is 34.5 Å². The van der Waals surface area contributed by atoms with Crippen molar-refractivity contribution < 1.29 is 22.7 Å². The summed E-state index contributed by atoms with van der Waals surface area (Å²) < 4.78 is 39.7. The van der Waals surface area contributed by atoms with E-state index in [0.29, 0.717) is 68.6 Å². The first-order valence-electron chi connectivity index (χ1n) is 21.1. The van der Waals surface area contributed by atoms with Gasteiger partial charge in [0.1, 0.15) is 11.7 Å². The second kappa shape index (κ2) is 17.8. The van der Waals surface area contributed by atoms with E-state index in [4.69, 9.17) is 9.72 Å². The lowest BCUT2D eigenvalue weighted by Crippen LogP contribution is -2.48. The number of carbonyl (C=O) groups excluding carboxylic acids is 2. The molecule has 5 aromatic rings. The van der Waals surface area contributed by atoms with E-state index in [1.54, 1.807) is 57.0 Å². The number of fused-ring (bicyclic) bond motifs is 2. The number of hydrogen-bond donors (Lipinski definition) is 2. The van der Waals surface area contributed by atoms with Crippen molar-refractivity contribution in [3.05, 3.63) is 86.7 Å². The van der Waals surface area contributed by atoms with E-state index in [2.05, 4.69) is 20.5 Å². The molecular weight excluding hydrogens is 787 g/mol. The molecule has 2 aromatic carbocycles. The van der Waals surface area contributed by atoms with Crippen LogP contribution in [0.25, 0.3) is 22.1 Å². The highest BCUT2D eigenvalue weighted by Crippen LogP contribution is 2.31. The lowest BCUT2D eigenvalue weighted by atomic mass is 10.1. The van der Waals surface area contributed by atoms with Crippen molar-refractivity contribution in [1.29, 1.82) is 0 Å². The van der Waals surface area contributed by atoms with Gasteiger partial charge in [0.25, 0.3) is 5.56 Å². The lowest BCUT2D eigenvalue weighted by molar-refractivity contribution is -0.135. The molecule has 17 heteroatoms. The summed E-state index contributed by atoms with van der Waals surface area (Å²) >= 11 is 0. The first-order valence-corrected chi connectivity index (χ1v) is 22.5. The minimum absolute atomic E-state index is 0.0627. The molecule has 1 atom stereocenters. The Morgan fingerprint density at radius 1 is 0.867 bits per heavy atom. The number of nitrogens with one attached hydrogen (secondary N) is 2. The number of anilines is 2. The molecule has 3 aliphatic rings. The Morgan fingerprint density at radius 3 is 2.42 bits per heavy atom. The molecule has 8 rings (SSSR count). The molecule has 2 aliphatic heterocycles. The van der Waals surface area contributed by atoms with Crippen LogP contribution in [0.5, 0.6) is 0 Å². The topological polar surface area (TPSA) is 183 Å². The summed E-state index contributed by atoms with van der Waals surface area (Å²) in [6.45, 7) is 6.17. The minimum atomic E-state index is -3.68. The second-order valence-electron chi connectivity index (χ2n) is 16.2. The largest absolute Gasteiger partial charge is 0.381 e. The lowest BCUT2D eigenvalue weighted by Gasteiger charge is -2.34. The fourth-order valence-electron chi connectivity index (χ4n) is 8.83. The summed E-state index contributed by atoms with van der Waals surface area (Å²) in [5.41, 5.74) is 4.21. The summed E-state index contributed by atoms with van der Waals surface area (Å²) in [5.74, 6) is -0.403. The fourth-order valence-corrected chi connectivity index (χ4v) is 10.3. The highest BCUT2D eigenvalue weighted by atomic mass is 32.2. The Balaban J connectivity index is 0.758. The Labute approximate surface area is 348 Å². The quantitative estimate of drug-likeness (QED) is 0.113. The number of nitrogens with zero attached hydrogens (tertiary/aromatic N) is 7. The molecule has 0 radical (unpaired) electrons. The second-order valence-corrected chi connectivity index (χ2v) is 18.2. The minimum Gasteiger partial charge on any atom is -0.381 e. The monoisotopic (exact) mass is 839 g/mol. The molecule has 0 bridgehead atoms. The highest BCUT2D eigenvalue weighted by molar-refractivity contribution is 7.89. The SMILES string of the molecule is Cc1cc(S(=O)(=O)N2CCN(CCCCOCCCc3ccc4c(c3)n(C)c(=O)n4C3CCC(=O)NC3=O)CC2)ccc1Nc1ncc2ccc(=O)n(C3CCCC3)c2n1. The number of imide groups is 1. The van der Waals surface area contributed by atoms with Gasteiger partial charge in [-0.05, 0) is 106 Å². The van der Waals surface area contributed by atoms with Gasteiger partial charge in [0, 0.05) is 82.2 Å². The number of aromatic nitrogens is 5. The molecule has 16 nitrogen and oxygen atoms in total. The molecular formula is C43H53N9O7S. The predicted molar refractivity (Wildman–Crippen MR) is 228 cm³/mol. The molecule has 3 aromatic heterocycles. The number of pyridine rings is 1. The van der Waals surface area contributed by atoms with E-state index in [0.717, 1.165) is 79.9 Å². The summed E-state index contributed by atoms with van der Waals surface area (Å²) in [6, 6.07) is 13.7. The van der Waals surface area contributed by atoms with Crippen LogP contribution < -0.4 is 21.9 Å². The molecule has 2 amide bonds. The third-order valence-electron chi connectivity index (χ3n) is 12.2. The number of benzene rings is 2. The molecule has 2 saturated heterocycles. The number of ether oxygens (including phenoxy) is 1. The standard InChI is InChI=1S/C43H53N9O7S/c1-29-26-33(13-14-34(29)45-42-44-28-31-12-18-39(54)51(40(31)47-42)32-9-3-4-10-32)60(57,58)50-22-20-49(21-23-50)19-5-6-24-59-25-7-8-30-11-15-35-37(27-30)48(2)43(56)52(35)36-16-17-38(53)46-41(36)55/h11-15,18,26-28,32,36H,3-10,16-17,19-25H2,1-2H3,(H,44,45,47)(H,46,53,55). The average molecular weight is 840 g/mol. The molecule has 5 heterocycles. The van der Waals surface area contributed by atoms with E-state index < -0.39 is 22.0 Å². The number of piperazine rings is 1. The normalized spacial score (nSPS) is 18.5. The van der Waals surface area contributed by atoms with Crippen LogP contribution >= 0.6 is 0 Å². The first-order chi connectivity index (χ1) is 29.0. The molecule has 0 spiro atoms. The summed E-state index contributed by atoms with van der Waals surface area (Å²) in [6.07, 6.45) is 9.79. The van der Waals surface area contributed by atoms with Crippen molar-refractivity contribution in [2.45, 2.75) is 88.1 Å². The van der Waals surface area contributed by atoms with Gasteiger partial charge in [-0.3, -0.25) is 33.4 Å². The van der Waals surface area contributed by atoms with Crippen molar-refractivity contribution in [2.75, 3.05) is 51.3 Å². The molecule has 1 aliphatic carbocycles. The van der Waals surface area contributed by atoms with Gasteiger partial charge in [-0.2, -0.15) is 9.29 Å². The van der Waals surface area contributed by atoms with Crippen molar-refractivity contribution in [2.24, 2.45) is 7.05 Å². The zero-order chi connectivity index (χ0) is 42.0. The van der Waals surface area contributed by atoms with Gasteiger partial charge in [-0.25, -0.2) is 18.2 Å². The smallest absolute Gasteiger partial charge is 0.329 e. The van der Waals surface area contributed by atoms with Gasteiger partial charge in [-0.1, -0.05) is 18.9 Å². The van der Waals surface area contributed by atoms with Crippen LogP contribution in [0.15, 0.2) is 69.2 Å². The Hall–Kier alpha value is -5.23. The van der Waals surface area contributed by atoms with Crippen LogP contribution in [0.1, 0.15) is 81.0 Å². The van der Waals surface area contributed by atoms with Crippen LogP contribution in [0, 0.1) is 6.92 Å². The van der Waals surface area contributed by atoms with E-state index in [9.17, 15) is 27.6 Å². The molecule has 318 valence electrons. The zero-order valence-corrected chi connectivity index (χ0v) is 35.1. The number of unbranched alkanes of at least 4 members (excludes halogenated alkanes) is 1. The van der Waals surface area contributed by atoms with Crippen molar-refractivity contribution in [3.63, 3.8) is 0 Å². The predicted octanol–water partition coefficient (Wildman–Crippen LogP) is 4.33. The number of hydrogen-bond acceptors (Lipinski definition) is 11. The number of amides is 2. The summed E-state index contributed by atoms with van der Waals surface area (Å²) in [5, 5.41) is 6.39. The molecule has 3 fully saturated rings. The number of imidazole rings is 1. The van der Waals surface area contributed by atoms with Crippen molar-refractivity contribution in [1.82, 2.24) is 38.2 Å². The number of aryl methyl sites for hydroxylation is 3. The van der Waals surface area contributed by atoms with Gasteiger partial charge < -0.3 is 15.0 Å². The molecule has 60 heavy (non-hydrogen) atoms. The third-order valence-corrected chi connectivity index (χ3v) is 14.1. The summed E-state index contributed by atoms with van der Waals surface area (Å²) in [7, 11) is -1.98. The van der Waals surface area contributed by atoms with Crippen LogP contribution in [-0.2, 0) is 37.8 Å². The third kappa shape index (κ3) is 8.66. The highest BCUT2D eigenvalue weighted by Gasteiger charge is 2.32. The van der Waals surface area contributed by atoms with Gasteiger partial charge in [-0.15, -0.1) is 0 Å². The molecule has 1 saturated carbocycles. The Bertz CT molecular complexity index is 2640. The van der Waals surface area contributed by atoms with Gasteiger partial charge in [0.05, 0.1) is 15.9 Å². The van der Waals surface area contributed by atoms with Crippen LogP contribution in [0.3, 0.4) is 0 Å². The number of carbonyl (C=O) groups is 2. The number of rotatable bonds is 15. The maximum Gasteiger partial charge on any atom is 0.329 e. The van der Waals surface area contributed by atoms with Crippen molar-refractivity contribution >= 4 is 55.5 Å². The Morgan fingerprint density at radius 2 is 1.65 bits per heavy atom. The maximum absolute atomic E-state index is 13.7. The summed E-state index contributed by atoms with van der Waals surface area (Å²) in [4.78, 5) is 61.7. The number of sulfonamides is 1. The van der Waals surface area contributed by atoms with E-state index in [1.807, 2.05) is 25.1 Å². The maximum atomic E-state index is 13.7. The van der Waals surface area contributed by atoms with Crippen LogP contribution in [-0.4, -0.2) is 99.0 Å². The van der Waals surface area contributed by atoms with E-state index >= 15 is 0 Å². The first kappa shape index (κ1) is 41.5. The van der Waals surface area contributed by atoms with E-state index in [1.165, 1.54) is 4.57 Å².